The second-order valence-corrected chi connectivity index (χ2v) is 7.18. The van der Waals surface area contributed by atoms with Crippen molar-refractivity contribution in [1.82, 2.24) is 14.9 Å². The lowest BCUT2D eigenvalue weighted by Crippen LogP contribution is -2.38. The second kappa shape index (κ2) is 7.34. The van der Waals surface area contributed by atoms with E-state index in [1.807, 2.05) is 33.9 Å². The van der Waals surface area contributed by atoms with Crippen molar-refractivity contribution in [3.05, 3.63) is 17.5 Å². The van der Waals surface area contributed by atoms with Gasteiger partial charge in [0.25, 0.3) is 0 Å². The maximum atomic E-state index is 12.2. The Bertz CT molecular complexity index is 547. The van der Waals surface area contributed by atoms with Gasteiger partial charge >= 0.3 is 6.09 Å². The Morgan fingerprint density at radius 1 is 1.39 bits per heavy atom. The standard InChI is InChI=1S/C16H25ClN4O2/c1-16(2,3)23-15(22)21-10-5-6-12(8-11-21)20(4)13-7-9-18-14(17)19-13/h7,9,12H,5-6,8,10-11H2,1-4H3. The number of carbonyl (C=O) groups excluding carboxylic acids is 1. The number of likely N-dealkylation sites (tertiary alicyclic amines) is 1. The molecule has 7 heteroatoms. The van der Waals surface area contributed by atoms with Crippen LogP contribution in [0.25, 0.3) is 0 Å². The number of nitrogens with zero attached hydrogens (tertiary/aromatic N) is 4. The summed E-state index contributed by atoms with van der Waals surface area (Å²) in [4.78, 5) is 24.3. The summed E-state index contributed by atoms with van der Waals surface area (Å²) in [5.74, 6) is 0.806. The number of hydrogen-bond donors (Lipinski definition) is 0. The van der Waals surface area contributed by atoms with E-state index in [4.69, 9.17) is 16.3 Å². The van der Waals surface area contributed by atoms with E-state index in [0.29, 0.717) is 12.6 Å². The molecule has 1 unspecified atom stereocenters. The quantitative estimate of drug-likeness (QED) is 0.773. The number of anilines is 1. The van der Waals surface area contributed by atoms with Gasteiger partial charge in [-0.25, -0.2) is 14.8 Å². The molecule has 0 N–H and O–H groups in total. The van der Waals surface area contributed by atoms with Crippen LogP contribution in [0.5, 0.6) is 0 Å². The number of aromatic nitrogens is 2. The van der Waals surface area contributed by atoms with E-state index in [9.17, 15) is 4.79 Å². The van der Waals surface area contributed by atoms with Crippen LogP contribution in [0.4, 0.5) is 10.6 Å². The fraction of sp³-hybridized carbons (Fsp3) is 0.688. The first-order chi connectivity index (χ1) is 10.8. The van der Waals surface area contributed by atoms with Gasteiger partial charge in [-0.05, 0) is 57.7 Å². The van der Waals surface area contributed by atoms with Crippen LogP contribution < -0.4 is 4.90 Å². The molecular weight excluding hydrogens is 316 g/mol. The Morgan fingerprint density at radius 2 is 2.13 bits per heavy atom. The smallest absolute Gasteiger partial charge is 0.410 e. The summed E-state index contributed by atoms with van der Waals surface area (Å²) in [6.07, 6.45) is 4.23. The van der Waals surface area contributed by atoms with Crippen LogP contribution in [0.2, 0.25) is 5.28 Å². The minimum atomic E-state index is -0.461. The van der Waals surface area contributed by atoms with E-state index in [-0.39, 0.29) is 11.4 Å². The predicted molar refractivity (Wildman–Crippen MR) is 90.9 cm³/mol. The van der Waals surface area contributed by atoms with Gasteiger partial charge in [0, 0.05) is 32.4 Å². The van der Waals surface area contributed by atoms with Crippen LogP contribution in [0.15, 0.2) is 12.3 Å². The highest BCUT2D eigenvalue weighted by atomic mass is 35.5. The third-order valence-corrected chi connectivity index (χ3v) is 4.05. The molecule has 23 heavy (non-hydrogen) atoms. The fourth-order valence-corrected chi connectivity index (χ4v) is 2.83. The minimum absolute atomic E-state index is 0.231. The zero-order valence-electron chi connectivity index (χ0n) is 14.3. The van der Waals surface area contributed by atoms with Gasteiger partial charge in [-0.2, -0.15) is 0 Å². The topological polar surface area (TPSA) is 58.6 Å². The molecule has 128 valence electrons. The molecule has 1 aromatic rings. The number of rotatable bonds is 2. The molecule has 1 fully saturated rings. The molecule has 0 bridgehead atoms. The molecule has 1 aromatic heterocycles. The molecule has 1 saturated heterocycles. The average molecular weight is 341 g/mol. The summed E-state index contributed by atoms with van der Waals surface area (Å²) in [6, 6.07) is 2.16. The van der Waals surface area contributed by atoms with Crippen molar-refractivity contribution in [3.8, 4) is 0 Å². The van der Waals surface area contributed by atoms with Crippen molar-refractivity contribution >= 4 is 23.5 Å². The number of hydrogen-bond acceptors (Lipinski definition) is 5. The number of halogens is 1. The molecule has 0 saturated carbocycles. The van der Waals surface area contributed by atoms with Crippen molar-refractivity contribution in [1.29, 1.82) is 0 Å². The predicted octanol–water partition coefficient (Wildman–Crippen LogP) is 3.36. The van der Waals surface area contributed by atoms with E-state index >= 15 is 0 Å². The summed E-state index contributed by atoms with van der Waals surface area (Å²) >= 11 is 5.87. The Kier molecular flexibility index (Phi) is 5.68. The van der Waals surface area contributed by atoms with Crippen molar-refractivity contribution in [2.45, 2.75) is 51.7 Å². The molecule has 0 radical (unpaired) electrons. The van der Waals surface area contributed by atoms with Gasteiger partial charge in [0.15, 0.2) is 0 Å². The normalized spacial score (nSPS) is 19.2. The molecule has 2 heterocycles. The Labute approximate surface area is 142 Å². The number of amides is 1. The number of carbonyl (C=O) groups is 1. The van der Waals surface area contributed by atoms with Crippen LogP contribution in [0, 0.1) is 0 Å². The van der Waals surface area contributed by atoms with Crippen LogP contribution in [-0.4, -0.2) is 52.7 Å². The highest BCUT2D eigenvalue weighted by Gasteiger charge is 2.27. The van der Waals surface area contributed by atoms with Gasteiger partial charge in [-0.3, -0.25) is 0 Å². The van der Waals surface area contributed by atoms with E-state index < -0.39 is 5.60 Å². The van der Waals surface area contributed by atoms with Crippen LogP contribution in [-0.2, 0) is 4.74 Å². The van der Waals surface area contributed by atoms with Crippen molar-refractivity contribution in [2.24, 2.45) is 0 Å². The fourth-order valence-electron chi connectivity index (χ4n) is 2.68. The first-order valence-electron chi connectivity index (χ1n) is 7.95. The van der Waals surface area contributed by atoms with Crippen LogP contribution in [0.1, 0.15) is 40.0 Å². The maximum Gasteiger partial charge on any atom is 0.410 e. The number of ether oxygens (including phenoxy) is 1. The SMILES string of the molecule is CN(c1ccnc(Cl)n1)C1CCCN(C(=O)OC(C)(C)C)CC1. The van der Waals surface area contributed by atoms with Gasteiger partial charge in [0.2, 0.25) is 5.28 Å². The molecule has 6 nitrogen and oxygen atoms in total. The van der Waals surface area contributed by atoms with Gasteiger partial charge in [0.1, 0.15) is 11.4 Å². The lowest BCUT2D eigenvalue weighted by molar-refractivity contribution is 0.0256. The summed E-state index contributed by atoms with van der Waals surface area (Å²) in [6.45, 7) is 7.07. The summed E-state index contributed by atoms with van der Waals surface area (Å²) in [5.41, 5.74) is -0.461. The molecule has 1 aliphatic heterocycles. The Balaban J connectivity index is 1.97. The molecule has 2 rings (SSSR count). The van der Waals surface area contributed by atoms with Crippen LogP contribution in [0.3, 0.4) is 0 Å². The second-order valence-electron chi connectivity index (χ2n) is 6.85. The van der Waals surface area contributed by atoms with E-state index in [1.165, 1.54) is 0 Å². The lowest BCUT2D eigenvalue weighted by atomic mass is 10.1. The van der Waals surface area contributed by atoms with E-state index in [0.717, 1.165) is 31.6 Å². The first-order valence-corrected chi connectivity index (χ1v) is 8.33. The average Bonchev–Trinajstić information content (AvgIpc) is 2.70. The maximum absolute atomic E-state index is 12.2. The van der Waals surface area contributed by atoms with Gasteiger partial charge in [-0.15, -0.1) is 0 Å². The largest absolute Gasteiger partial charge is 0.444 e. The van der Waals surface area contributed by atoms with Gasteiger partial charge in [-0.1, -0.05) is 0 Å². The molecule has 1 aliphatic rings. The molecule has 1 amide bonds. The monoisotopic (exact) mass is 340 g/mol. The minimum Gasteiger partial charge on any atom is -0.444 e. The molecular formula is C16H25ClN4O2. The third kappa shape index (κ3) is 5.23. The summed E-state index contributed by atoms with van der Waals surface area (Å²) in [5, 5.41) is 0.248. The molecule has 0 aliphatic carbocycles. The molecule has 0 aromatic carbocycles. The first kappa shape index (κ1) is 17.8. The molecule has 0 spiro atoms. The van der Waals surface area contributed by atoms with Crippen molar-refractivity contribution in [3.63, 3.8) is 0 Å². The zero-order chi connectivity index (χ0) is 17.0. The van der Waals surface area contributed by atoms with E-state index in [1.54, 1.807) is 11.1 Å². The third-order valence-electron chi connectivity index (χ3n) is 3.87. The highest BCUT2D eigenvalue weighted by Crippen LogP contribution is 2.22. The lowest BCUT2D eigenvalue weighted by Gasteiger charge is -2.29. The Hall–Kier alpha value is -1.56. The van der Waals surface area contributed by atoms with Crippen molar-refractivity contribution < 1.29 is 9.53 Å². The summed E-state index contributed by atoms with van der Waals surface area (Å²) < 4.78 is 5.46. The Morgan fingerprint density at radius 3 is 2.78 bits per heavy atom. The van der Waals surface area contributed by atoms with Crippen molar-refractivity contribution in [2.75, 3.05) is 25.0 Å². The zero-order valence-corrected chi connectivity index (χ0v) is 15.0. The molecule has 1 atom stereocenters. The van der Waals surface area contributed by atoms with E-state index in [2.05, 4.69) is 14.9 Å². The van der Waals surface area contributed by atoms with Crippen LogP contribution >= 0.6 is 11.6 Å². The summed E-state index contributed by atoms with van der Waals surface area (Å²) in [7, 11) is 2.01. The van der Waals surface area contributed by atoms with Gasteiger partial charge < -0.3 is 14.5 Å². The van der Waals surface area contributed by atoms with Gasteiger partial charge in [0.05, 0.1) is 0 Å². The highest BCUT2D eigenvalue weighted by molar-refractivity contribution is 6.28.